The van der Waals surface area contributed by atoms with Crippen molar-refractivity contribution >= 4 is 33.3 Å². The van der Waals surface area contributed by atoms with Gasteiger partial charge in [-0.05, 0) is 19.1 Å². The van der Waals surface area contributed by atoms with Crippen LogP contribution >= 0.6 is 11.6 Å². The summed E-state index contributed by atoms with van der Waals surface area (Å²) in [5, 5.41) is 4.80. The van der Waals surface area contributed by atoms with E-state index in [1.807, 2.05) is 0 Å². The monoisotopic (exact) mass is 278 g/mol. The number of anilines is 1. The van der Waals surface area contributed by atoms with Crippen LogP contribution in [0.2, 0.25) is 5.02 Å². The molecule has 0 radical (unpaired) electrons. The minimum Gasteiger partial charge on any atom is -0.462 e. The highest BCUT2D eigenvalue weighted by Crippen LogP contribution is 2.26. The Balaban J connectivity index is 3.39. The number of nitrogens with two attached hydrogens (primary N) is 2. The fraction of sp³-hybridized carbons (Fsp3) is 0.222. The number of rotatable bonds is 3. The molecule has 0 bridgehead atoms. The number of carbonyl (C=O) groups is 1. The molecule has 0 saturated heterocycles. The van der Waals surface area contributed by atoms with Crippen LogP contribution in [0.25, 0.3) is 0 Å². The summed E-state index contributed by atoms with van der Waals surface area (Å²) in [6.07, 6.45) is 0. The van der Waals surface area contributed by atoms with Crippen molar-refractivity contribution in [2.24, 2.45) is 5.14 Å². The summed E-state index contributed by atoms with van der Waals surface area (Å²) in [5.41, 5.74) is 5.49. The molecule has 17 heavy (non-hydrogen) atoms. The molecule has 0 fully saturated rings. The van der Waals surface area contributed by atoms with Crippen LogP contribution in [0.5, 0.6) is 0 Å². The van der Waals surface area contributed by atoms with Crippen molar-refractivity contribution in [2.75, 3.05) is 12.3 Å². The molecule has 0 amide bonds. The highest BCUT2D eigenvalue weighted by atomic mass is 35.5. The van der Waals surface area contributed by atoms with Crippen molar-refractivity contribution in [3.63, 3.8) is 0 Å². The Morgan fingerprint density at radius 3 is 2.53 bits per heavy atom. The molecule has 0 saturated carbocycles. The number of ether oxygens (including phenoxy) is 1. The Labute approximate surface area is 104 Å². The average molecular weight is 279 g/mol. The van der Waals surface area contributed by atoms with Crippen LogP contribution < -0.4 is 10.9 Å². The van der Waals surface area contributed by atoms with Gasteiger partial charge in [-0.25, -0.2) is 18.4 Å². The summed E-state index contributed by atoms with van der Waals surface area (Å²) in [7, 11) is -4.02. The number of primary sulfonamides is 1. The Bertz CT molecular complexity index is 556. The lowest BCUT2D eigenvalue weighted by atomic mass is 10.2. The first kappa shape index (κ1) is 13.8. The Morgan fingerprint density at radius 1 is 1.47 bits per heavy atom. The Morgan fingerprint density at radius 2 is 2.06 bits per heavy atom. The number of halogens is 1. The standard InChI is InChI=1S/C9H11ClN2O4S/c1-2-16-9(13)5-3-8(17(12,14)15)6(10)4-7(5)11/h3-4H,2,11H2,1H3,(H2,12,14,15). The molecular formula is C9H11ClN2O4S. The van der Waals surface area contributed by atoms with E-state index in [1.165, 1.54) is 0 Å². The zero-order valence-corrected chi connectivity index (χ0v) is 10.5. The van der Waals surface area contributed by atoms with E-state index in [0.717, 1.165) is 12.1 Å². The van der Waals surface area contributed by atoms with Gasteiger partial charge in [-0.1, -0.05) is 11.6 Å². The number of benzene rings is 1. The maximum Gasteiger partial charge on any atom is 0.340 e. The summed E-state index contributed by atoms with van der Waals surface area (Å²) in [4.78, 5) is 11.1. The summed E-state index contributed by atoms with van der Waals surface area (Å²) >= 11 is 5.68. The van der Waals surface area contributed by atoms with E-state index in [2.05, 4.69) is 0 Å². The van der Waals surface area contributed by atoms with Crippen LogP contribution in [0.4, 0.5) is 5.69 Å². The van der Waals surface area contributed by atoms with Crippen molar-refractivity contribution in [1.82, 2.24) is 0 Å². The van der Waals surface area contributed by atoms with E-state index in [-0.39, 0.29) is 27.8 Å². The van der Waals surface area contributed by atoms with Crippen molar-refractivity contribution < 1.29 is 17.9 Å². The zero-order valence-electron chi connectivity index (χ0n) is 8.94. The second-order valence-electron chi connectivity index (χ2n) is 3.14. The molecule has 94 valence electrons. The predicted molar refractivity (Wildman–Crippen MR) is 63.2 cm³/mol. The largest absolute Gasteiger partial charge is 0.462 e. The number of carbonyl (C=O) groups excluding carboxylic acids is 1. The Kier molecular flexibility index (Phi) is 3.97. The van der Waals surface area contributed by atoms with Gasteiger partial charge in [-0.15, -0.1) is 0 Å². The van der Waals surface area contributed by atoms with Crippen LogP contribution in [0.15, 0.2) is 17.0 Å². The lowest BCUT2D eigenvalue weighted by Crippen LogP contribution is -2.15. The molecule has 0 aromatic heterocycles. The van der Waals surface area contributed by atoms with Gasteiger partial charge in [0.1, 0.15) is 4.90 Å². The number of esters is 1. The summed E-state index contributed by atoms with van der Waals surface area (Å²) in [6.45, 7) is 1.76. The molecule has 1 aromatic carbocycles. The molecule has 8 heteroatoms. The van der Waals surface area contributed by atoms with Gasteiger partial charge in [0.2, 0.25) is 10.0 Å². The molecule has 0 unspecified atom stereocenters. The van der Waals surface area contributed by atoms with Gasteiger partial charge in [-0.3, -0.25) is 0 Å². The molecule has 1 rings (SSSR count). The molecule has 0 spiro atoms. The number of sulfonamides is 1. The van der Waals surface area contributed by atoms with E-state index in [0.29, 0.717) is 0 Å². The van der Waals surface area contributed by atoms with Crippen LogP contribution in [0, 0.1) is 0 Å². The maximum absolute atomic E-state index is 11.5. The van der Waals surface area contributed by atoms with Crippen LogP contribution in [-0.4, -0.2) is 21.0 Å². The third-order valence-corrected chi connectivity index (χ3v) is 3.28. The fourth-order valence-corrected chi connectivity index (χ4v) is 2.28. The first-order valence-corrected chi connectivity index (χ1v) is 6.48. The lowest BCUT2D eigenvalue weighted by Gasteiger charge is -2.08. The maximum atomic E-state index is 11.5. The quantitative estimate of drug-likeness (QED) is 0.626. The molecule has 0 aliphatic rings. The molecule has 0 heterocycles. The van der Waals surface area contributed by atoms with Gasteiger partial charge in [-0.2, -0.15) is 0 Å². The number of hydrogen-bond acceptors (Lipinski definition) is 5. The van der Waals surface area contributed by atoms with Gasteiger partial charge in [0.05, 0.1) is 17.2 Å². The second-order valence-corrected chi connectivity index (χ2v) is 5.07. The summed E-state index contributed by atoms with van der Waals surface area (Å²) < 4.78 is 27.1. The van der Waals surface area contributed by atoms with E-state index in [1.54, 1.807) is 6.92 Å². The topological polar surface area (TPSA) is 112 Å². The van der Waals surface area contributed by atoms with Gasteiger partial charge in [0.15, 0.2) is 0 Å². The molecule has 0 aliphatic carbocycles. The molecular weight excluding hydrogens is 268 g/mol. The van der Waals surface area contributed by atoms with Gasteiger partial charge in [0, 0.05) is 5.69 Å². The first-order valence-electron chi connectivity index (χ1n) is 4.56. The summed E-state index contributed by atoms with van der Waals surface area (Å²) in [6, 6.07) is 2.15. The minimum absolute atomic E-state index is 0.0286. The normalized spacial score (nSPS) is 11.2. The average Bonchev–Trinajstić information content (AvgIpc) is 2.15. The lowest BCUT2D eigenvalue weighted by molar-refractivity contribution is 0.0527. The summed E-state index contributed by atoms with van der Waals surface area (Å²) in [5.74, 6) is -0.730. The highest BCUT2D eigenvalue weighted by Gasteiger charge is 2.19. The van der Waals surface area contributed by atoms with E-state index >= 15 is 0 Å². The van der Waals surface area contributed by atoms with E-state index in [9.17, 15) is 13.2 Å². The van der Waals surface area contributed by atoms with Crippen molar-refractivity contribution in [3.8, 4) is 0 Å². The van der Waals surface area contributed by atoms with Crippen LogP contribution in [0.1, 0.15) is 17.3 Å². The van der Waals surface area contributed by atoms with Crippen LogP contribution in [0.3, 0.4) is 0 Å². The molecule has 0 aliphatic heterocycles. The number of nitrogen functional groups attached to an aromatic ring is 1. The van der Waals surface area contributed by atoms with Gasteiger partial charge in [0.25, 0.3) is 0 Å². The molecule has 6 nitrogen and oxygen atoms in total. The van der Waals surface area contributed by atoms with Crippen molar-refractivity contribution in [1.29, 1.82) is 0 Å². The van der Waals surface area contributed by atoms with Crippen LogP contribution in [-0.2, 0) is 14.8 Å². The first-order chi connectivity index (χ1) is 7.77. The van der Waals surface area contributed by atoms with Gasteiger partial charge < -0.3 is 10.5 Å². The Hall–Kier alpha value is -1.31. The third-order valence-electron chi connectivity index (χ3n) is 1.91. The third kappa shape index (κ3) is 3.09. The molecule has 4 N–H and O–H groups in total. The van der Waals surface area contributed by atoms with Gasteiger partial charge >= 0.3 is 5.97 Å². The zero-order chi connectivity index (χ0) is 13.2. The van der Waals surface area contributed by atoms with E-state index in [4.69, 9.17) is 27.2 Å². The smallest absolute Gasteiger partial charge is 0.340 e. The molecule has 0 atom stereocenters. The predicted octanol–water partition coefficient (Wildman–Crippen LogP) is 0.746. The second kappa shape index (κ2) is 4.91. The SMILES string of the molecule is CCOC(=O)c1cc(S(N)(=O)=O)c(Cl)cc1N. The highest BCUT2D eigenvalue weighted by molar-refractivity contribution is 7.89. The van der Waals surface area contributed by atoms with E-state index < -0.39 is 16.0 Å². The molecule has 1 aromatic rings. The number of hydrogen-bond donors (Lipinski definition) is 2. The van der Waals surface area contributed by atoms with Crippen molar-refractivity contribution in [2.45, 2.75) is 11.8 Å². The minimum atomic E-state index is -4.02. The van der Waals surface area contributed by atoms with Crippen molar-refractivity contribution in [3.05, 3.63) is 22.7 Å². The fourth-order valence-electron chi connectivity index (χ4n) is 1.17.